The Labute approximate surface area is 72.9 Å². The SMILES string of the molecule is CC(C)CNC1=NCCCS1. The van der Waals surface area contributed by atoms with Crippen molar-refractivity contribution in [3.63, 3.8) is 0 Å². The second-order valence-corrected chi connectivity index (χ2v) is 4.25. The van der Waals surface area contributed by atoms with Gasteiger partial charge in [0.05, 0.1) is 0 Å². The van der Waals surface area contributed by atoms with Crippen LogP contribution in [0.4, 0.5) is 0 Å². The fourth-order valence-electron chi connectivity index (χ4n) is 0.858. The minimum Gasteiger partial charge on any atom is -0.365 e. The molecule has 11 heavy (non-hydrogen) atoms. The minimum absolute atomic E-state index is 0.709. The normalized spacial score (nSPS) is 18.3. The lowest BCUT2D eigenvalue weighted by atomic mass is 10.2. The van der Waals surface area contributed by atoms with Crippen LogP contribution in [0.3, 0.4) is 0 Å². The first-order valence-electron chi connectivity index (χ1n) is 4.20. The van der Waals surface area contributed by atoms with Gasteiger partial charge in [0, 0.05) is 18.8 Å². The van der Waals surface area contributed by atoms with E-state index in [1.165, 1.54) is 12.2 Å². The van der Waals surface area contributed by atoms with Gasteiger partial charge in [0.15, 0.2) is 5.17 Å². The molecule has 1 aliphatic rings. The van der Waals surface area contributed by atoms with Gasteiger partial charge in [-0.1, -0.05) is 25.6 Å². The predicted molar refractivity (Wildman–Crippen MR) is 52.2 cm³/mol. The van der Waals surface area contributed by atoms with Crippen molar-refractivity contribution in [1.82, 2.24) is 5.32 Å². The average molecular weight is 172 g/mol. The molecule has 1 rings (SSSR count). The van der Waals surface area contributed by atoms with Crippen molar-refractivity contribution >= 4 is 16.9 Å². The molecule has 0 aromatic heterocycles. The maximum Gasteiger partial charge on any atom is 0.156 e. The van der Waals surface area contributed by atoms with E-state index >= 15 is 0 Å². The Balaban J connectivity index is 2.19. The molecule has 64 valence electrons. The zero-order valence-corrected chi connectivity index (χ0v) is 8.08. The summed E-state index contributed by atoms with van der Waals surface area (Å²) < 4.78 is 0. The maximum absolute atomic E-state index is 4.37. The van der Waals surface area contributed by atoms with E-state index in [0.29, 0.717) is 5.92 Å². The highest BCUT2D eigenvalue weighted by Gasteiger charge is 2.04. The highest BCUT2D eigenvalue weighted by atomic mass is 32.2. The molecule has 0 unspecified atom stereocenters. The summed E-state index contributed by atoms with van der Waals surface area (Å²) in [5.74, 6) is 1.93. The monoisotopic (exact) mass is 172 g/mol. The molecule has 1 heterocycles. The Kier molecular flexibility index (Phi) is 3.77. The second kappa shape index (κ2) is 4.65. The van der Waals surface area contributed by atoms with Crippen LogP contribution in [0.2, 0.25) is 0 Å². The Hall–Kier alpha value is -0.180. The summed E-state index contributed by atoms with van der Waals surface area (Å²) in [6.45, 7) is 6.47. The van der Waals surface area contributed by atoms with E-state index in [9.17, 15) is 0 Å². The molecule has 0 amide bonds. The Morgan fingerprint density at radius 1 is 1.64 bits per heavy atom. The van der Waals surface area contributed by atoms with Crippen molar-refractivity contribution in [2.45, 2.75) is 20.3 Å². The summed E-state index contributed by atoms with van der Waals surface area (Å²) in [6, 6.07) is 0. The van der Waals surface area contributed by atoms with Crippen LogP contribution in [0.15, 0.2) is 4.99 Å². The van der Waals surface area contributed by atoms with Crippen LogP contribution >= 0.6 is 11.8 Å². The molecule has 0 aromatic carbocycles. The molecule has 3 heteroatoms. The number of rotatable bonds is 2. The van der Waals surface area contributed by atoms with Gasteiger partial charge >= 0.3 is 0 Å². The van der Waals surface area contributed by atoms with E-state index in [1.54, 1.807) is 0 Å². The van der Waals surface area contributed by atoms with Crippen molar-refractivity contribution in [3.8, 4) is 0 Å². The lowest BCUT2D eigenvalue weighted by Crippen LogP contribution is -2.27. The number of hydrogen-bond acceptors (Lipinski definition) is 3. The molecule has 0 atom stereocenters. The molecule has 0 bridgehead atoms. The fraction of sp³-hybridized carbons (Fsp3) is 0.875. The van der Waals surface area contributed by atoms with Gasteiger partial charge in [-0.05, 0) is 12.3 Å². The van der Waals surface area contributed by atoms with Crippen molar-refractivity contribution in [3.05, 3.63) is 0 Å². The summed E-state index contributed by atoms with van der Waals surface area (Å²) in [6.07, 6.45) is 1.23. The molecule has 0 aliphatic carbocycles. The van der Waals surface area contributed by atoms with Crippen molar-refractivity contribution in [2.24, 2.45) is 10.9 Å². The smallest absolute Gasteiger partial charge is 0.156 e. The largest absolute Gasteiger partial charge is 0.365 e. The van der Waals surface area contributed by atoms with Gasteiger partial charge in [-0.25, -0.2) is 0 Å². The summed E-state index contributed by atoms with van der Waals surface area (Å²) in [7, 11) is 0. The van der Waals surface area contributed by atoms with E-state index in [0.717, 1.165) is 18.3 Å². The molecule has 0 saturated heterocycles. The molecule has 1 N–H and O–H groups in total. The van der Waals surface area contributed by atoms with Gasteiger partial charge in [-0.3, -0.25) is 4.99 Å². The van der Waals surface area contributed by atoms with Crippen LogP contribution in [0.25, 0.3) is 0 Å². The molecule has 2 nitrogen and oxygen atoms in total. The first kappa shape index (κ1) is 8.91. The van der Waals surface area contributed by atoms with Crippen LogP contribution in [0.1, 0.15) is 20.3 Å². The Bertz CT molecular complexity index is 143. The van der Waals surface area contributed by atoms with Gasteiger partial charge in [-0.15, -0.1) is 0 Å². The summed E-state index contributed by atoms with van der Waals surface area (Å²) >= 11 is 1.84. The van der Waals surface area contributed by atoms with E-state index in [4.69, 9.17) is 0 Å². The number of aliphatic imine (C=N–C) groups is 1. The number of nitrogens with one attached hydrogen (secondary N) is 1. The van der Waals surface area contributed by atoms with Crippen molar-refractivity contribution in [2.75, 3.05) is 18.8 Å². The first-order chi connectivity index (χ1) is 5.29. The third-order valence-corrected chi connectivity index (χ3v) is 2.50. The second-order valence-electron chi connectivity index (χ2n) is 3.16. The highest BCUT2D eigenvalue weighted by molar-refractivity contribution is 8.13. The molecule has 0 saturated carbocycles. The maximum atomic E-state index is 4.37. The summed E-state index contributed by atoms with van der Waals surface area (Å²) in [5.41, 5.74) is 0. The van der Waals surface area contributed by atoms with Crippen LogP contribution < -0.4 is 5.32 Å². The van der Waals surface area contributed by atoms with E-state index in [2.05, 4.69) is 24.2 Å². The molecule has 0 aromatic rings. The molecular formula is C8H16N2S. The topological polar surface area (TPSA) is 24.4 Å². The fourth-order valence-corrected chi connectivity index (χ4v) is 1.69. The van der Waals surface area contributed by atoms with Crippen molar-refractivity contribution in [1.29, 1.82) is 0 Å². The third kappa shape index (κ3) is 3.65. The average Bonchev–Trinajstić information content (AvgIpc) is 2.03. The van der Waals surface area contributed by atoms with Crippen LogP contribution in [-0.2, 0) is 0 Å². The molecule has 0 radical (unpaired) electrons. The quantitative estimate of drug-likeness (QED) is 0.686. The number of amidine groups is 1. The standard InChI is InChI=1S/C8H16N2S/c1-7(2)6-10-8-9-4-3-5-11-8/h7H,3-6H2,1-2H3,(H,9,10). The lowest BCUT2D eigenvalue weighted by molar-refractivity contribution is 0.626. The van der Waals surface area contributed by atoms with Gasteiger partial charge < -0.3 is 5.32 Å². The van der Waals surface area contributed by atoms with Crippen molar-refractivity contribution < 1.29 is 0 Å². The van der Waals surface area contributed by atoms with E-state index < -0.39 is 0 Å². The third-order valence-electron chi connectivity index (χ3n) is 1.46. The van der Waals surface area contributed by atoms with E-state index in [-0.39, 0.29) is 0 Å². The highest BCUT2D eigenvalue weighted by Crippen LogP contribution is 2.10. The van der Waals surface area contributed by atoms with Crippen LogP contribution in [0, 0.1) is 5.92 Å². The van der Waals surface area contributed by atoms with Crippen LogP contribution in [-0.4, -0.2) is 24.0 Å². The first-order valence-corrected chi connectivity index (χ1v) is 5.18. The number of hydrogen-bond donors (Lipinski definition) is 1. The zero-order chi connectivity index (χ0) is 8.10. The molecular weight excluding hydrogens is 156 g/mol. The van der Waals surface area contributed by atoms with Gasteiger partial charge in [0.25, 0.3) is 0 Å². The van der Waals surface area contributed by atoms with E-state index in [1.807, 2.05) is 11.8 Å². The number of thioether (sulfide) groups is 1. The van der Waals surface area contributed by atoms with Gasteiger partial charge in [0.1, 0.15) is 0 Å². The predicted octanol–water partition coefficient (Wildman–Crippen LogP) is 1.72. The summed E-state index contributed by atoms with van der Waals surface area (Å²) in [4.78, 5) is 4.37. The van der Waals surface area contributed by atoms with Crippen LogP contribution in [0.5, 0.6) is 0 Å². The Morgan fingerprint density at radius 3 is 3.00 bits per heavy atom. The molecule has 0 fully saturated rings. The minimum atomic E-state index is 0.709. The zero-order valence-electron chi connectivity index (χ0n) is 7.26. The molecule has 1 aliphatic heterocycles. The molecule has 0 spiro atoms. The van der Waals surface area contributed by atoms with Gasteiger partial charge in [0.2, 0.25) is 0 Å². The van der Waals surface area contributed by atoms with Gasteiger partial charge in [-0.2, -0.15) is 0 Å². The summed E-state index contributed by atoms with van der Waals surface area (Å²) in [5, 5.41) is 4.48. The lowest BCUT2D eigenvalue weighted by Gasteiger charge is -2.14. The number of nitrogens with zero attached hydrogens (tertiary/aromatic N) is 1. The Morgan fingerprint density at radius 2 is 2.45 bits per heavy atom.